The Labute approximate surface area is 241 Å². The van der Waals surface area contributed by atoms with Gasteiger partial charge in [0.05, 0.1) is 55.0 Å². The normalized spacial score (nSPS) is 18.2. The van der Waals surface area contributed by atoms with Crippen molar-refractivity contribution in [2.24, 2.45) is 0 Å². The number of methoxy groups -OCH3 is 2. The number of morpholine rings is 1. The number of carbonyl (C=O) groups excluding carboxylic acids is 2. The first-order valence-electron chi connectivity index (χ1n) is 13.6. The second-order valence-electron chi connectivity index (χ2n) is 10.1. The van der Waals surface area contributed by atoms with Crippen molar-refractivity contribution < 1.29 is 28.9 Å². The molecule has 1 atom stereocenters. The van der Waals surface area contributed by atoms with Crippen LogP contribution < -0.4 is 9.47 Å². The standard InChI is InChI=1S/C30H32N4O6S/c1-18-28(41-30-31-21-7-4-5-8-22(21)34(18)30)26(35)24-25(20-17-19(38-2)9-10-23(20)39-3)33(29(37)27(24)36)12-6-11-32-13-15-40-16-14-32/h4-5,7-10,17,25,36H,6,11-16H2,1-3H3. The number of Topliss-reactive ketones (excluding diaryl/α,β-unsaturated/α-hetero) is 1. The second kappa shape index (κ2) is 11.2. The number of fused-ring (bicyclic) bond motifs is 3. The van der Waals surface area contributed by atoms with Crippen molar-refractivity contribution in [3.8, 4) is 11.5 Å². The number of para-hydroxylation sites is 2. The number of ketones is 1. The van der Waals surface area contributed by atoms with Crippen molar-refractivity contribution in [2.75, 3.05) is 53.6 Å². The SMILES string of the molecule is COc1ccc(OC)c(C2C(C(=O)c3sc4nc5ccccc5n4c3C)=C(O)C(=O)N2CCCN2CCOCC2)c1. The van der Waals surface area contributed by atoms with Crippen LogP contribution in [0.2, 0.25) is 0 Å². The molecule has 0 aliphatic carbocycles. The molecule has 2 aliphatic heterocycles. The Morgan fingerprint density at radius 2 is 1.90 bits per heavy atom. The molecule has 0 saturated carbocycles. The Bertz CT molecular complexity index is 1670. The molecule has 2 aromatic heterocycles. The minimum Gasteiger partial charge on any atom is -0.503 e. The molecule has 1 amide bonds. The molecule has 11 heteroatoms. The van der Waals surface area contributed by atoms with Crippen molar-refractivity contribution in [3.05, 3.63) is 69.9 Å². The van der Waals surface area contributed by atoms with Crippen LogP contribution in [0.5, 0.6) is 11.5 Å². The van der Waals surface area contributed by atoms with Gasteiger partial charge in [-0.25, -0.2) is 4.98 Å². The lowest BCUT2D eigenvalue weighted by Crippen LogP contribution is -2.39. The molecule has 214 valence electrons. The van der Waals surface area contributed by atoms with Gasteiger partial charge in [-0.05, 0) is 43.7 Å². The molecule has 1 N–H and O–H groups in total. The van der Waals surface area contributed by atoms with E-state index in [-0.39, 0.29) is 5.57 Å². The van der Waals surface area contributed by atoms with Crippen LogP contribution in [0.1, 0.15) is 33.4 Å². The highest BCUT2D eigenvalue weighted by atomic mass is 32.1. The molecule has 0 bridgehead atoms. The fraction of sp³-hybridized carbons (Fsp3) is 0.367. The Kier molecular flexibility index (Phi) is 7.41. The lowest BCUT2D eigenvalue weighted by atomic mass is 9.94. The summed E-state index contributed by atoms with van der Waals surface area (Å²) in [7, 11) is 3.10. The van der Waals surface area contributed by atoms with Gasteiger partial charge in [0.1, 0.15) is 11.5 Å². The summed E-state index contributed by atoms with van der Waals surface area (Å²) in [4.78, 5) is 37.6. The van der Waals surface area contributed by atoms with Crippen LogP contribution in [0, 0.1) is 6.92 Å². The number of aromatic nitrogens is 2. The van der Waals surface area contributed by atoms with Crippen LogP contribution >= 0.6 is 11.3 Å². The van der Waals surface area contributed by atoms with E-state index in [0.29, 0.717) is 58.8 Å². The van der Waals surface area contributed by atoms with Gasteiger partial charge < -0.3 is 24.2 Å². The molecule has 0 radical (unpaired) electrons. The van der Waals surface area contributed by atoms with Gasteiger partial charge in [-0.3, -0.25) is 18.9 Å². The number of aliphatic hydroxyl groups excluding tert-OH is 1. The molecule has 10 nitrogen and oxygen atoms in total. The quantitative estimate of drug-likeness (QED) is 0.296. The van der Waals surface area contributed by atoms with Crippen LogP contribution in [-0.2, 0) is 9.53 Å². The predicted molar refractivity (Wildman–Crippen MR) is 155 cm³/mol. The number of aryl methyl sites for hydroxylation is 1. The predicted octanol–water partition coefficient (Wildman–Crippen LogP) is 4.18. The third-order valence-electron chi connectivity index (χ3n) is 7.85. The lowest BCUT2D eigenvalue weighted by Gasteiger charge is -2.30. The van der Waals surface area contributed by atoms with Gasteiger partial charge in [0.25, 0.3) is 5.91 Å². The third kappa shape index (κ3) is 4.73. The summed E-state index contributed by atoms with van der Waals surface area (Å²) in [6, 6.07) is 12.2. The zero-order valence-corrected chi connectivity index (χ0v) is 24.1. The van der Waals surface area contributed by atoms with Crippen molar-refractivity contribution in [1.82, 2.24) is 19.2 Å². The van der Waals surface area contributed by atoms with Crippen LogP contribution in [-0.4, -0.2) is 89.6 Å². The topological polar surface area (TPSA) is 106 Å². The van der Waals surface area contributed by atoms with Gasteiger partial charge in [0.2, 0.25) is 5.78 Å². The number of imidazole rings is 1. The van der Waals surface area contributed by atoms with E-state index in [1.54, 1.807) is 37.3 Å². The number of nitrogens with zero attached hydrogens (tertiary/aromatic N) is 4. The highest BCUT2D eigenvalue weighted by Gasteiger charge is 2.45. The van der Waals surface area contributed by atoms with E-state index in [1.807, 2.05) is 35.6 Å². The first-order chi connectivity index (χ1) is 19.9. The minimum absolute atomic E-state index is 0.0323. The maximum absolute atomic E-state index is 14.3. The molecule has 1 saturated heterocycles. The number of thiazole rings is 1. The van der Waals surface area contributed by atoms with E-state index < -0.39 is 23.5 Å². The summed E-state index contributed by atoms with van der Waals surface area (Å²) in [5.41, 5.74) is 3.04. The number of aliphatic hydroxyl groups is 1. The number of amides is 1. The number of hydrogen-bond acceptors (Lipinski definition) is 9. The Morgan fingerprint density at radius 3 is 2.66 bits per heavy atom. The van der Waals surface area contributed by atoms with E-state index in [4.69, 9.17) is 19.2 Å². The average Bonchev–Trinajstić information content (AvgIpc) is 3.61. The summed E-state index contributed by atoms with van der Waals surface area (Å²) in [6.45, 7) is 6.02. The van der Waals surface area contributed by atoms with Gasteiger partial charge in [-0.2, -0.15) is 0 Å². The van der Waals surface area contributed by atoms with Gasteiger partial charge in [0.15, 0.2) is 10.7 Å². The summed E-state index contributed by atoms with van der Waals surface area (Å²) >= 11 is 1.25. The number of ether oxygens (including phenoxy) is 3. The van der Waals surface area contributed by atoms with Crippen LogP contribution in [0.3, 0.4) is 0 Å². The summed E-state index contributed by atoms with van der Waals surface area (Å²) < 4.78 is 18.6. The zero-order valence-electron chi connectivity index (χ0n) is 23.3. The average molecular weight is 577 g/mol. The number of carbonyl (C=O) groups is 2. The van der Waals surface area contributed by atoms with E-state index in [2.05, 4.69) is 4.90 Å². The van der Waals surface area contributed by atoms with Gasteiger partial charge >= 0.3 is 0 Å². The Hall–Kier alpha value is -3.93. The first kappa shape index (κ1) is 27.3. The molecule has 4 aromatic rings. The molecular formula is C30H32N4O6S. The lowest BCUT2D eigenvalue weighted by molar-refractivity contribution is -0.129. The third-order valence-corrected chi connectivity index (χ3v) is 8.99. The molecule has 1 fully saturated rings. The van der Waals surface area contributed by atoms with E-state index in [1.165, 1.54) is 11.3 Å². The number of hydrogen-bond donors (Lipinski definition) is 1. The summed E-state index contributed by atoms with van der Waals surface area (Å²) in [5, 5.41) is 11.3. The monoisotopic (exact) mass is 576 g/mol. The molecule has 4 heterocycles. The Morgan fingerprint density at radius 1 is 1.12 bits per heavy atom. The highest BCUT2D eigenvalue weighted by molar-refractivity contribution is 7.19. The molecule has 2 aromatic carbocycles. The molecular weight excluding hydrogens is 544 g/mol. The van der Waals surface area contributed by atoms with Crippen molar-refractivity contribution in [3.63, 3.8) is 0 Å². The fourth-order valence-corrected chi connectivity index (χ4v) is 6.87. The maximum atomic E-state index is 14.3. The van der Waals surface area contributed by atoms with E-state index in [9.17, 15) is 14.7 Å². The van der Waals surface area contributed by atoms with Gasteiger partial charge in [-0.15, -0.1) is 0 Å². The van der Waals surface area contributed by atoms with Crippen LogP contribution in [0.4, 0.5) is 0 Å². The highest BCUT2D eigenvalue weighted by Crippen LogP contribution is 2.44. The van der Waals surface area contributed by atoms with E-state index >= 15 is 0 Å². The maximum Gasteiger partial charge on any atom is 0.290 e. The van der Waals surface area contributed by atoms with Gasteiger partial charge in [-0.1, -0.05) is 23.5 Å². The largest absolute Gasteiger partial charge is 0.503 e. The van der Waals surface area contributed by atoms with Crippen molar-refractivity contribution in [1.29, 1.82) is 0 Å². The fourth-order valence-electron chi connectivity index (χ4n) is 5.78. The molecule has 6 rings (SSSR count). The van der Waals surface area contributed by atoms with E-state index in [0.717, 1.165) is 30.7 Å². The van der Waals surface area contributed by atoms with Crippen molar-refractivity contribution in [2.45, 2.75) is 19.4 Å². The zero-order chi connectivity index (χ0) is 28.7. The molecule has 41 heavy (non-hydrogen) atoms. The van der Waals surface area contributed by atoms with Gasteiger partial charge in [0, 0.05) is 37.4 Å². The molecule has 0 spiro atoms. The molecule has 2 aliphatic rings. The smallest absolute Gasteiger partial charge is 0.290 e. The number of benzene rings is 2. The summed E-state index contributed by atoms with van der Waals surface area (Å²) in [6.07, 6.45) is 0.668. The van der Waals surface area contributed by atoms with Crippen LogP contribution in [0.15, 0.2) is 53.8 Å². The minimum atomic E-state index is -0.852. The summed E-state index contributed by atoms with van der Waals surface area (Å²) in [5.74, 6) is -0.470. The Balaban J connectivity index is 1.41. The van der Waals surface area contributed by atoms with Crippen molar-refractivity contribution >= 4 is 39.0 Å². The number of rotatable bonds is 9. The first-order valence-corrected chi connectivity index (χ1v) is 14.4. The second-order valence-corrected chi connectivity index (χ2v) is 11.1. The molecule has 1 unspecified atom stereocenters. The van der Waals surface area contributed by atoms with Crippen LogP contribution in [0.25, 0.3) is 16.0 Å².